The lowest BCUT2D eigenvalue weighted by Gasteiger charge is -2.07. The van der Waals surface area contributed by atoms with E-state index in [1.807, 2.05) is 0 Å². The summed E-state index contributed by atoms with van der Waals surface area (Å²) in [7, 11) is 0. The van der Waals surface area contributed by atoms with Gasteiger partial charge in [-0.3, -0.25) is 0 Å². The van der Waals surface area contributed by atoms with E-state index >= 15 is 0 Å². The van der Waals surface area contributed by atoms with Crippen LogP contribution in [0, 0.1) is 5.92 Å². The molecular formula is C16H27N. The normalized spacial score (nSPS) is 11.1. The summed E-state index contributed by atoms with van der Waals surface area (Å²) in [4.78, 5) is 0. The maximum atomic E-state index is 3.49. The van der Waals surface area contributed by atoms with Crippen LogP contribution in [0.2, 0.25) is 0 Å². The monoisotopic (exact) mass is 233 g/mol. The van der Waals surface area contributed by atoms with Gasteiger partial charge in [0.05, 0.1) is 0 Å². The molecule has 0 spiro atoms. The van der Waals surface area contributed by atoms with E-state index in [0.29, 0.717) is 0 Å². The molecule has 0 amide bonds. The van der Waals surface area contributed by atoms with Crippen molar-refractivity contribution in [3.8, 4) is 0 Å². The van der Waals surface area contributed by atoms with Gasteiger partial charge in [0.2, 0.25) is 0 Å². The third-order valence-electron chi connectivity index (χ3n) is 3.05. The summed E-state index contributed by atoms with van der Waals surface area (Å²) in [6, 6.07) is 9.07. The van der Waals surface area contributed by atoms with Crippen LogP contribution < -0.4 is 5.32 Å². The number of nitrogens with one attached hydrogen (secondary N) is 1. The Bertz CT molecular complexity index is 287. The number of aryl methyl sites for hydroxylation is 2. The molecule has 96 valence electrons. The zero-order valence-corrected chi connectivity index (χ0v) is 11.6. The first-order valence-corrected chi connectivity index (χ1v) is 7.01. The van der Waals surface area contributed by atoms with Gasteiger partial charge >= 0.3 is 0 Å². The number of benzene rings is 1. The summed E-state index contributed by atoms with van der Waals surface area (Å²) >= 11 is 0. The Morgan fingerprint density at radius 1 is 1.00 bits per heavy atom. The second-order valence-electron chi connectivity index (χ2n) is 5.23. The van der Waals surface area contributed by atoms with E-state index in [1.54, 1.807) is 0 Å². The molecule has 0 bridgehead atoms. The number of hydrogen-bond donors (Lipinski definition) is 1. The van der Waals surface area contributed by atoms with Gasteiger partial charge in [-0.2, -0.15) is 0 Å². The van der Waals surface area contributed by atoms with E-state index < -0.39 is 0 Å². The highest BCUT2D eigenvalue weighted by Crippen LogP contribution is 2.08. The van der Waals surface area contributed by atoms with Crippen molar-refractivity contribution in [2.24, 2.45) is 5.92 Å². The number of unbranched alkanes of at least 4 members (excludes halogenated alkanes) is 1. The van der Waals surface area contributed by atoms with Crippen LogP contribution in [0.5, 0.6) is 0 Å². The fourth-order valence-electron chi connectivity index (χ4n) is 1.91. The van der Waals surface area contributed by atoms with E-state index in [-0.39, 0.29) is 0 Å². The third kappa shape index (κ3) is 6.48. The molecule has 0 unspecified atom stereocenters. The van der Waals surface area contributed by atoms with Crippen molar-refractivity contribution in [3.05, 3.63) is 35.4 Å². The second kappa shape index (κ2) is 8.30. The molecule has 0 heterocycles. The lowest BCUT2D eigenvalue weighted by molar-refractivity contribution is 0.535. The van der Waals surface area contributed by atoms with Crippen molar-refractivity contribution in [2.75, 3.05) is 13.1 Å². The molecule has 0 aliphatic heterocycles. The van der Waals surface area contributed by atoms with Crippen LogP contribution in [0.4, 0.5) is 0 Å². The molecule has 1 aromatic carbocycles. The molecule has 0 aromatic heterocycles. The topological polar surface area (TPSA) is 12.0 Å². The van der Waals surface area contributed by atoms with Crippen LogP contribution in [-0.2, 0) is 12.8 Å². The smallest absolute Gasteiger partial charge is 0.00258 e. The highest BCUT2D eigenvalue weighted by Gasteiger charge is 1.95. The van der Waals surface area contributed by atoms with Crippen molar-refractivity contribution < 1.29 is 0 Å². The van der Waals surface area contributed by atoms with Crippen molar-refractivity contribution in [1.82, 2.24) is 5.32 Å². The SMILES string of the molecule is CCc1ccc(CCCCNCC(C)C)cc1. The fraction of sp³-hybridized carbons (Fsp3) is 0.625. The maximum absolute atomic E-state index is 3.49. The molecule has 1 N–H and O–H groups in total. The van der Waals surface area contributed by atoms with Crippen LogP contribution in [-0.4, -0.2) is 13.1 Å². The average molecular weight is 233 g/mol. The standard InChI is InChI=1S/C16H27N/c1-4-15-8-10-16(11-9-15)7-5-6-12-17-13-14(2)3/h8-11,14,17H,4-7,12-13H2,1-3H3. The van der Waals surface area contributed by atoms with Gasteiger partial charge in [0.1, 0.15) is 0 Å². The van der Waals surface area contributed by atoms with Gasteiger partial charge in [-0.25, -0.2) is 0 Å². The summed E-state index contributed by atoms with van der Waals surface area (Å²) in [5.74, 6) is 0.761. The molecule has 0 saturated heterocycles. The predicted octanol–water partition coefficient (Wildman–Crippen LogP) is 3.82. The fourth-order valence-corrected chi connectivity index (χ4v) is 1.91. The molecule has 0 fully saturated rings. The maximum Gasteiger partial charge on any atom is -0.00258 e. The Morgan fingerprint density at radius 2 is 1.65 bits per heavy atom. The average Bonchev–Trinajstić information content (AvgIpc) is 2.34. The molecule has 1 aromatic rings. The predicted molar refractivity (Wildman–Crippen MR) is 76.5 cm³/mol. The van der Waals surface area contributed by atoms with Crippen LogP contribution in [0.3, 0.4) is 0 Å². The third-order valence-corrected chi connectivity index (χ3v) is 3.05. The largest absolute Gasteiger partial charge is 0.316 e. The van der Waals surface area contributed by atoms with E-state index in [1.165, 1.54) is 30.4 Å². The van der Waals surface area contributed by atoms with Gasteiger partial charge in [-0.15, -0.1) is 0 Å². The van der Waals surface area contributed by atoms with Gasteiger partial charge in [0.25, 0.3) is 0 Å². The Morgan fingerprint density at radius 3 is 2.24 bits per heavy atom. The van der Waals surface area contributed by atoms with Gasteiger partial charge in [-0.1, -0.05) is 45.0 Å². The molecule has 0 radical (unpaired) electrons. The minimum atomic E-state index is 0.761. The highest BCUT2D eigenvalue weighted by molar-refractivity contribution is 5.22. The Balaban J connectivity index is 2.09. The second-order valence-corrected chi connectivity index (χ2v) is 5.23. The molecule has 0 saturated carbocycles. The minimum Gasteiger partial charge on any atom is -0.316 e. The van der Waals surface area contributed by atoms with E-state index in [2.05, 4.69) is 50.4 Å². The van der Waals surface area contributed by atoms with Crippen LogP contribution in [0.25, 0.3) is 0 Å². The van der Waals surface area contributed by atoms with Crippen molar-refractivity contribution in [1.29, 1.82) is 0 Å². The zero-order chi connectivity index (χ0) is 12.5. The molecule has 17 heavy (non-hydrogen) atoms. The zero-order valence-electron chi connectivity index (χ0n) is 11.6. The van der Waals surface area contributed by atoms with Crippen molar-refractivity contribution in [3.63, 3.8) is 0 Å². The molecule has 0 atom stereocenters. The highest BCUT2D eigenvalue weighted by atomic mass is 14.8. The summed E-state index contributed by atoms with van der Waals surface area (Å²) in [6.45, 7) is 9.01. The van der Waals surface area contributed by atoms with E-state index in [0.717, 1.165) is 25.4 Å². The number of rotatable bonds is 8. The first-order chi connectivity index (χ1) is 8.22. The van der Waals surface area contributed by atoms with Gasteiger partial charge in [0.15, 0.2) is 0 Å². The lowest BCUT2D eigenvalue weighted by Crippen LogP contribution is -2.20. The lowest BCUT2D eigenvalue weighted by atomic mass is 10.1. The Kier molecular flexibility index (Phi) is 6.95. The van der Waals surface area contributed by atoms with Crippen molar-refractivity contribution in [2.45, 2.75) is 46.5 Å². The molecule has 1 nitrogen and oxygen atoms in total. The molecule has 1 heteroatoms. The summed E-state index contributed by atoms with van der Waals surface area (Å²) in [5, 5.41) is 3.49. The van der Waals surface area contributed by atoms with E-state index in [9.17, 15) is 0 Å². The minimum absolute atomic E-state index is 0.761. The molecule has 0 aliphatic carbocycles. The van der Waals surface area contributed by atoms with Gasteiger partial charge < -0.3 is 5.32 Å². The molecule has 1 rings (SSSR count). The Labute approximate surface area is 107 Å². The first kappa shape index (κ1) is 14.2. The van der Waals surface area contributed by atoms with Crippen LogP contribution in [0.1, 0.15) is 44.7 Å². The van der Waals surface area contributed by atoms with E-state index in [4.69, 9.17) is 0 Å². The summed E-state index contributed by atoms with van der Waals surface area (Å²) in [6.07, 6.45) is 4.92. The van der Waals surface area contributed by atoms with Crippen LogP contribution in [0.15, 0.2) is 24.3 Å². The van der Waals surface area contributed by atoms with Gasteiger partial charge in [0, 0.05) is 0 Å². The number of hydrogen-bond acceptors (Lipinski definition) is 1. The summed E-state index contributed by atoms with van der Waals surface area (Å²) in [5.41, 5.74) is 2.92. The Hall–Kier alpha value is -0.820. The molecular weight excluding hydrogens is 206 g/mol. The van der Waals surface area contributed by atoms with Gasteiger partial charge in [-0.05, 0) is 55.8 Å². The first-order valence-electron chi connectivity index (χ1n) is 7.01. The summed E-state index contributed by atoms with van der Waals surface area (Å²) < 4.78 is 0. The van der Waals surface area contributed by atoms with Crippen LogP contribution >= 0.6 is 0 Å². The molecule has 0 aliphatic rings. The quantitative estimate of drug-likeness (QED) is 0.673. The van der Waals surface area contributed by atoms with Crippen molar-refractivity contribution >= 4 is 0 Å².